The molecule has 2 aromatic rings. The molecule has 20 heavy (non-hydrogen) atoms. The molecule has 0 radical (unpaired) electrons. The van der Waals surface area contributed by atoms with Crippen LogP contribution in [0, 0.1) is 0 Å². The Hall–Kier alpha value is -2.96. The molecular weight excluding hydrogens is 260 g/mol. The number of aromatic carboxylic acids is 1. The quantitative estimate of drug-likeness (QED) is 0.774. The number of hydrogen-bond donors (Lipinski definition) is 3. The van der Waals surface area contributed by atoms with Crippen LogP contribution in [0.25, 0.3) is 0 Å². The molecule has 7 nitrogen and oxygen atoms in total. The van der Waals surface area contributed by atoms with E-state index in [0.29, 0.717) is 11.5 Å². The van der Waals surface area contributed by atoms with Gasteiger partial charge in [-0.05, 0) is 36.4 Å². The molecule has 1 aromatic carbocycles. The number of amides is 1. The van der Waals surface area contributed by atoms with Gasteiger partial charge in [-0.2, -0.15) is 0 Å². The molecule has 0 unspecified atom stereocenters. The topological polar surface area (TPSA) is 104 Å². The minimum atomic E-state index is -0.980. The summed E-state index contributed by atoms with van der Waals surface area (Å²) in [5, 5.41) is 21.8. The maximum atomic E-state index is 11.3. The van der Waals surface area contributed by atoms with Crippen LogP contribution in [0.1, 0.15) is 20.8 Å². The zero-order valence-electron chi connectivity index (χ0n) is 10.6. The van der Waals surface area contributed by atoms with Gasteiger partial charge in [0, 0.05) is 12.7 Å². The third-order valence-electron chi connectivity index (χ3n) is 2.53. The number of nitrogens with zero attached hydrogens (tertiary/aromatic N) is 2. The first-order chi connectivity index (χ1) is 9.60. The van der Waals surface area contributed by atoms with Crippen molar-refractivity contribution in [3.63, 3.8) is 0 Å². The second-order valence-electron chi connectivity index (χ2n) is 3.89. The zero-order valence-corrected chi connectivity index (χ0v) is 10.6. The Balaban J connectivity index is 2.10. The van der Waals surface area contributed by atoms with Crippen LogP contribution in [0.4, 0.5) is 11.5 Å². The Morgan fingerprint density at radius 3 is 2.25 bits per heavy atom. The van der Waals surface area contributed by atoms with Gasteiger partial charge in [-0.1, -0.05) is 0 Å². The van der Waals surface area contributed by atoms with Crippen molar-refractivity contribution in [2.24, 2.45) is 0 Å². The van der Waals surface area contributed by atoms with Crippen molar-refractivity contribution < 1.29 is 14.7 Å². The number of rotatable bonds is 4. The van der Waals surface area contributed by atoms with Crippen LogP contribution >= 0.6 is 0 Å². The van der Waals surface area contributed by atoms with Crippen molar-refractivity contribution in [1.82, 2.24) is 15.5 Å². The standard InChI is InChI=1S/C13H12N4O3/c1-14-12(18)10-6-7-11(17-16-10)15-9-4-2-8(3-5-9)13(19)20/h2-7H,1H3,(H,14,18)(H,15,17)(H,19,20). The van der Waals surface area contributed by atoms with Gasteiger partial charge in [-0.15, -0.1) is 10.2 Å². The number of benzene rings is 1. The first kappa shape index (κ1) is 13.5. The number of hydrogen-bond acceptors (Lipinski definition) is 5. The number of aromatic nitrogens is 2. The number of carboxylic acids is 1. The fraction of sp³-hybridized carbons (Fsp3) is 0.0769. The second-order valence-corrected chi connectivity index (χ2v) is 3.89. The van der Waals surface area contributed by atoms with Gasteiger partial charge in [0.05, 0.1) is 5.56 Å². The number of anilines is 2. The molecule has 0 aliphatic rings. The summed E-state index contributed by atoms with van der Waals surface area (Å²) in [6.45, 7) is 0. The van der Waals surface area contributed by atoms with Crippen LogP contribution in [0.3, 0.4) is 0 Å². The molecule has 0 saturated heterocycles. The second kappa shape index (κ2) is 5.79. The lowest BCUT2D eigenvalue weighted by atomic mass is 10.2. The van der Waals surface area contributed by atoms with E-state index in [2.05, 4.69) is 20.8 Å². The Kier molecular flexibility index (Phi) is 3.90. The highest BCUT2D eigenvalue weighted by Crippen LogP contribution is 2.14. The third-order valence-corrected chi connectivity index (χ3v) is 2.53. The third kappa shape index (κ3) is 3.08. The maximum absolute atomic E-state index is 11.3. The number of nitrogens with one attached hydrogen (secondary N) is 2. The summed E-state index contributed by atoms with van der Waals surface area (Å²) in [6.07, 6.45) is 0. The van der Waals surface area contributed by atoms with Gasteiger partial charge < -0.3 is 15.7 Å². The van der Waals surface area contributed by atoms with Crippen molar-refractivity contribution >= 4 is 23.4 Å². The normalized spacial score (nSPS) is 9.85. The SMILES string of the molecule is CNC(=O)c1ccc(Nc2ccc(C(=O)O)cc2)nn1. The summed E-state index contributed by atoms with van der Waals surface area (Å²) in [7, 11) is 1.51. The van der Waals surface area contributed by atoms with E-state index in [1.807, 2.05) is 0 Å². The summed E-state index contributed by atoms with van der Waals surface area (Å²) in [5.74, 6) is -0.832. The largest absolute Gasteiger partial charge is 0.478 e. The van der Waals surface area contributed by atoms with Crippen molar-refractivity contribution in [2.45, 2.75) is 0 Å². The Bertz CT molecular complexity index is 623. The van der Waals surface area contributed by atoms with E-state index in [1.54, 1.807) is 24.3 Å². The number of carboxylic acid groups (broad SMARTS) is 1. The highest BCUT2D eigenvalue weighted by Gasteiger charge is 2.06. The van der Waals surface area contributed by atoms with E-state index in [9.17, 15) is 9.59 Å². The van der Waals surface area contributed by atoms with Crippen LogP contribution in [0.5, 0.6) is 0 Å². The van der Waals surface area contributed by atoms with Gasteiger partial charge in [-0.3, -0.25) is 4.79 Å². The van der Waals surface area contributed by atoms with E-state index in [-0.39, 0.29) is 17.2 Å². The monoisotopic (exact) mass is 272 g/mol. The molecule has 0 aliphatic carbocycles. The summed E-state index contributed by atoms with van der Waals surface area (Å²) >= 11 is 0. The average molecular weight is 272 g/mol. The first-order valence-corrected chi connectivity index (χ1v) is 5.76. The molecule has 0 fully saturated rings. The summed E-state index contributed by atoms with van der Waals surface area (Å²) in [5.41, 5.74) is 1.10. The molecule has 0 bridgehead atoms. The fourth-order valence-electron chi connectivity index (χ4n) is 1.49. The van der Waals surface area contributed by atoms with Crippen LogP contribution in [0.2, 0.25) is 0 Å². The Morgan fingerprint density at radius 2 is 1.75 bits per heavy atom. The molecule has 0 atom stereocenters. The summed E-state index contributed by atoms with van der Waals surface area (Å²) in [6, 6.07) is 9.37. The predicted octanol–water partition coefficient (Wildman–Crippen LogP) is 1.28. The zero-order chi connectivity index (χ0) is 14.5. The molecule has 3 N–H and O–H groups in total. The van der Waals surface area contributed by atoms with E-state index in [4.69, 9.17) is 5.11 Å². The minimum Gasteiger partial charge on any atom is -0.478 e. The van der Waals surface area contributed by atoms with Gasteiger partial charge in [0.2, 0.25) is 0 Å². The molecule has 0 spiro atoms. The van der Waals surface area contributed by atoms with E-state index < -0.39 is 5.97 Å². The Morgan fingerprint density at radius 1 is 1.05 bits per heavy atom. The van der Waals surface area contributed by atoms with Gasteiger partial charge in [0.1, 0.15) is 0 Å². The van der Waals surface area contributed by atoms with Gasteiger partial charge in [-0.25, -0.2) is 4.79 Å². The molecule has 0 saturated carbocycles. The van der Waals surface area contributed by atoms with Gasteiger partial charge in [0.25, 0.3) is 5.91 Å². The van der Waals surface area contributed by atoms with E-state index in [1.165, 1.54) is 19.2 Å². The lowest BCUT2D eigenvalue weighted by Crippen LogP contribution is -2.19. The smallest absolute Gasteiger partial charge is 0.335 e. The lowest BCUT2D eigenvalue weighted by Gasteiger charge is -2.05. The Labute approximate surface area is 114 Å². The predicted molar refractivity (Wildman–Crippen MR) is 72.1 cm³/mol. The molecule has 1 amide bonds. The molecule has 1 aromatic heterocycles. The van der Waals surface area contributed by atoms with Crippen LogP contribution < -0.4 is 10.6 Å². The average Bonchev–Trinajstić information content (AvgIpc) is 2.48. The minimum absolute atomic E-state index is 0.205. The molecule has 2 rings (SSSR count). The summed E-state index contributed by atoms with van der Waals surface area (Å²) in [4.78, 5) is 22.0. The van der Waals surface area contributed by atoms with Crippen molar-refractivity contribution in [3.05, 3.63) is 47.7 Å². The molecule has 1 heterocycles. The summed E-state index contributed by atoms with van der Waals surface area (Å²) < 4.78 is 0. The molecule has 102 valence electrons. The first-order valence-electron chi connectivity index (χ1n) is 5.76. The number of carbonyl (C=O) groups is 2. The lowest BCUT2D eigenvalue weighted by molar-refractivity contribution is 0.0696. The molecule has 7 heteroatoms. The van der Waals surface area contributed by atoms with Crippen molar-refractivity contribution in [2.75, 3.05) is 12.4 Å². The van der Waals surface area contributed by atoms with Crippen molar-refractivity contribution in [3.8, 4) is 0 Å². The van der Waals surface area contributed by atoms with Crippen LogP contribution in [0.15, 0.2) is 36.4 Å². The molecule has 0 aliphatic heterocycles. The van der Waals surface area contributed by atoms with Crippen LogP contribution in [-0.2, 0) is 0 Å². The van der Waals surface area contributed by atoms with E-state index in [0.717, 1.165) is 0 Å². The maximum Gasteiger partial charge on any atom is 0.335 e. The van der Waals surface area contributed by atoms with Crippen LogP contribution in [-0.4, -0.2) is 34.2 Å². The van der Waals surface area contributed by atoms with Crippen molar-refractivity contribution in [1.29, 1.82) is 0 Å². The highest BCUT2D eigenvalue weighted by atomic mass is 16.4. The number of carbonyl (C=O) groups excluding carboxylic acids is 1. The van der Waals surface area contributed by atoms with Gasteiger partial charge in [0.15, 0.2) is 11.5 Å². The highest BCUT2D eigenvalue weighted by molar-refractivity contribution is 5.92. The molecular formula is C13H12N4O3. The van der Waals surface area contributed by atoms with Gasteiger partial charge >= 0.3 is 5.97 Å². The van der Waals surface area contributed by atoms with E-state index >= 15 is 0 Å². The fourth-order valence-corrected chi connectivity index (χ4v) is 1.49.